The van der Waals surface area contributed by atoms with Crippen molar-refractivity contribution in [2.24, 2.45) is 0 Å². The molecule has 39 heavy (non-hydrogen) atoms. The summed E-state index contributed by atoms with van der Waals surface area (Å²) in [6.45, 7) is 5.62. The molecule has 0 atom stereocenters. The highest BCUT2D eigenvalue weighted by molar-refractivity contribution is 5.74. The van der Waals surface area contributed by atoms with Crippen LogP contribution in [-0.2, 0) is 12.7 Å². The number of imidazole rings is 2. The molecule has 2 N–H and O–H groups in total. The molecule has 1 aliphatic rings. The molecule has 11 heteroatoms. The normalized spacial score (nSPS) is 14.3. The van der Waals surface area contributed by atoms with Gasteiger partial charge in [0.05, 0.1) is 18.8 Å². The molecule has 0 spiro atoms. The van der Waals surface area contributed by atoms with E-state index >= 15 is 0 Å². The lowest BCUT2D eigenvalue weighted by Crippen LogP contribution is -2.43. The Bertz CT molecular complexity index is 1710. The molecular formula is C28H26F3N7O. The summed E-state index contributed by atoms with van der Waals surface area (Å²) in [6.07, 6.45) is -1.83. The molecule has 6 rings (SSSR count). The van der Waals surface area contributed by atoms with Crippen molar-refractivity contribution in [3.63, 3.8) is 0 Å². The van der Waals surface area contributed by atoms with Gasteiger partial charge in [0.2, 0.25) is 0 Å². The molecule has 5 aromatic rings. The molecule has 1 saturated heterocycles. The number of halogens is 3. The molecule has 0 radical (unpaired) electrons. The average Bonchev–Trinajstić information content (AvgIpc) is 3.45. The first-order chi connectivity index (χ1) is 18.7. The van der Waals surface area contributed by atoms with E-state index in [9.17, 15) is 18.0 Å². The summed E-state index contributed by atoms with van der Waals surface area (Å²) in [6, 6.07) is 14.9. The maximum Gasteiger partial charge on any atom is 0.434 e. The molecule has 200 valence electrons. The predicted molar refractivity (Wildman–Crippen MR) is 141 cm³/mol. The zero-order chi connectivity index (χ0) is 27.3. The predicted octanol–water partition coefficient (Wildman–Crippen LogP) is 4.98. The molecule has 0 saturated carbocycles. The first kappa shape index (κ1) is 25.1. The second-order valence-electron chi connectivity index (χ2n) is 10.1. The van der Waals surface area contributed by atoms with Crippen molar-refractivity contribution in [3.05, 3.63) is 88.2 Å². The standard InChI is InChI=1S/C28H26F3N7O/c1-16(2)20-5-3-4-6-21(20)24-33-13-22-26(36-24)38(27(39)34-22)14-17-7-9-18(10-8-17)25-35-23(28(29,30)31)15-37(25)19-11-32-12-19/h3-10,13,15-16,19,32H,11-12,14H2,1-2H3,(H,34,39). The first-order valence-electron chi connectivity index (χ1n) is 12.7. The third kappa shape index (κ3) is 4.63. The summed E-state index contributed by atoms with van der Waals surface area (Å²) in [5.74, 6) is 1.08. The van der Waals surface area contributed by atoms with E-state index in [4.69, 9.17) is 4.98 Å². The fourth-order valence-electron chi connectivity index (χ4n) is 4.86. The summed E-state index contributed by atoms with van der Waals surface area (Å²) >= 11 is 0. The zero-order valence-corrected chi connectivity index (χ0v) is 21.3. The van der Waals surface area contributed by atoms with Gasteiger partial charge in [-0.1, -0.05) is 62.4 Å². The van der Waals surface area contributed by atoms with Gasteiger partial charge in [-0.2, -0.15) is 13.2 Å². The summed E-state index contributed by atoms with van der Waals surface area (Å²) in [4.78, 5) is 28.8. The van der Waals surface area contributed by atoms with Crippen molar-refractivity contribution in [3.8, 4) is 22.8 Å². The van der Waals surface area contributed by atoms with Gasteiger partial charge in [0.25, 0.3) is 0 Å². The van der Waals surface area contributed by atoms with Crippen LogP contribution in [-0.4, -0.2) is 42.2 Å². The van der Waals surface area contributed by atoms with E-state index in [2.05, 4.69) is 34.1 Å². The molecule has 0 amide bonds. The van der Waals surface area contributed by atoms with Gasteiger partial charge in [-0.3, -0.25) is 4.57 Å². The topological polar surface area (TPSA) is 93.4 Å². The first-order valence-corrected chi connectivity index (χ1v) is 12.7. The van der Waals surface area contributed by atoms with Crippen LogP contribution in [0.1, 0.15) is 42.6 Å². The lowest BCUT2D eigenvalue weighted by atomic mass is 9.97. The Morgan fingerprint density at radius 2 is 1.79 bits per heavy atom. The Balaban J connectivity index is 1.33. The van der Waals surface area contributed by atoms with Gasteiger partial charge in [-0.25, -0.2) is 19.7 Å². The maximum absolute atomic E-state index is 13.4. The highest BCUT2D eigenvalue weighted by atomic mass is 19.4. The van der Waals surface area contributed by atoms with E-state index in [1.807, 2.05) is 24.3 Å². The summed E-state index contributed by atoms with van der Waals surface area (Å²) < 4.78 is 43.3. The van der Waals surface area contributed by atoms with Crippen molar-refractivity contribution < 1.29 is 13.2 Å². The molecule has 2 aromatic carbocycles. The number of hydrogen-bond donors (Lipinski definition) is 2. The maximum atomic E-state index is 13.4. The minimum Gasteiger partial charge on any atom is -0.325 e. The Labute approximate surface area is 221 Å². The van der Waals surface area contributed by atoms with Gasteiger partial charge in [0.15, 0.2) is 17.2 Å². The van der Waals surface area contributed by atoms with Crippen LogP contribution in [0.15, 0.2) is 65.7 Å². The van der Waals surface area contributed by atoms with E-state index in [0.717, 1.165) is 22.9 Å². The molecule has 0 aliphatic carbocycles. The molecule has 1 fully saturated rings. The Morgan fingerprint density at radius 1 is 1.05 bits per heavy atom. The van der Waals surface area contributed by atoms with Gasteiger partial charge in [0.1, 0.15) is 11.3 Å². The number of nitrogens with zero attached hydrogens (tertiary/aromatic N) is 5. The van der Waals surface area contributed by atoms with Crippen LogP contribution in [0.4, 0.5) is 13.2 Å². The van der Waals surface area contributed by atoms with E-state index < -0.39 is 11.9 Å². The van der Waals surface area contributed by atoms with Crippen molar-refractivity contribution in [1.82, 2.24) is 34.4 Å². The second kappa shape index (κ2) is 9.49. The fourth-order valence-corrected chi connectivity index (χ4v) is 4.86. The molecule has 1 aliphatic heterocycles. The van der Waals surface area contributed by atoms with Gasteiger partial charge < -0.3 is 14.9 Å². The Morgan fingerprint density at radius 3 is 2.46 bits per heavy atom. The van der Waals surface area contributed by atoms with Crippen molar-refractivity contribution in [1.29, 1.82) is 0 Å². The second-order valence-corrected chi connectivity index (χ2v) is 10.1. The molecular weight excluding hydrogens is 507 g/mol. The van der Waals surface area contributed by atoms with Crippen LogP contribution in [0.3, 0.4) is 0 Å². The van der Waals surface area contributed by atoms with Crippen LogP contribution >= 0.6 is 0 Å². The van der Waals surface area contributed by atoms with Crippen LogP contribution in [0.2, 0.25) is 0 Å². The molecule has 0 unspecified atom stereocenters. The van der Waals surface area contributed by atoms with Crippen LogP contribution in [0.25, 0.3) is 33.9 Å². The van der Waals surface area contributed by atoms with Gasteiger partial charge in [0, 0.05) is 30.4 Å². The monoisotopic (exact) mass is 533 g/mol. The number of aromatic nitrogens is 6. The number of hydrogen-bond acceptors (Lipinski definition) is 5. The SMILES string of the molecule is CC(C)c1ccccc1-c1ncc2[nH]c(=O)n(Cc3ccc(-c4nc(C(F)(F)F)cn4C4CNC4)cc3)c2n1. The van der Waals surface area contributed by atoms with E-state index in [-0.39, 0.29) is 30.0 Å². The number of benzene rings is 2. The van der Waals surface area contributed by atoms with Crippen LogP contribution < -0.4 is 11.0 Å². The molecule has 0 bridgehead atoms. The molecule has 3 aromatic heterocycles. The van der Waals surface area contributed by atoms with Crippen molar-refractivity contribution in [2.75, 3.05) is 13.1 Å². The number of fused-ring (bicyclic) bond motifs is 1. The summed E-state index contributed by atoms with van der Waals surface area (Å²) in [5.41, 5.74) is 3.17. The van der Waals surface area contributed by atoms with E-state index in [1.165, 1.54) is 4.57 Å². The number of alkyl halides is 3. The van der Waals surface area contributed by atoms with Crippen molar-refractivity contribution in [2.45, 2.75) is 38.5 Å². The van der Waals surface area contributed by atoms with E-state index in [0.29, 0.717) is 35.6 Å². The average molecular weight is 534 g/mol. The van der Waals surface area contributed by atoms with Crippen LogP contribution in [0.5, 0.6) is 0 Å². The Hall–Kier alpha value is -4.25. The van der Waals surface area contributed by atoms with Gasteiger partial charge in [-0.05, 0) is 17.0 Å². The van der Waals surface area contributed by atoms with Crippen LogP contribution in [0, 0.1) is 0 Å². The lowest BCUT2D eigenvalue weighted by Gasteiger charge is -2.29. The number of nitrogens with one attached hydrogen (secondary N) is 2. The number of rotatable bonds is 6. The third-order valence-electron chi connectivity index (χ3n) is 7.06. The van der Waals surface area contributed by atoms with E-state index in [1.54, 1.807) is 35.0 Å². The quantitative estimate of drug-likeness (QED) is 0.321. The molecule has 4 heterocycles. The van der Waals surface area contributed by atoms with Crippen molar-refractivity contribution >= 4 is 11.2 Å². The lowest BCUT2D eigenvalue weighted by molar-refractivity contribution is -0.140. The number of H-pyrrole nitrogens is 1. The third-order valence-corrected chi connectivity index (χ3v) is 7.06. The zero-order valence-electron chi connectivity index (χ0n) is 21.3. The smallest absolute Gasteiger partial charge is 0.325 e. The summed E-state index contributed by atoms with van der Waals surface area (Å²) in [7, 11) is 0. The number of aromatic amines is 1. The minimum atomic E-state index is -4.52. The minimum absolute atomic E-state index is 0.0808. The fraction of sp³-hybridized carbons (Fsp3) is 0.286. The van der Waals surface area contributed by atoms with Gasteiger partial charge >= 0.3 is 11.9 Å². The Kier molecular flexibility index (Phi) is 6.10. The van der Waals surface area contributed by atoms with Gasteiger partial charge in [-0.15, -0.1) is 0 Å². The highest BCUT2D eigenvalue weighted by Crippen LogP contribution is 2.33. The summed E-state index contributed by atoms with van der Waals surface area (Å²) in [5, 5.41) is 3.09. The molecule has 8 nitrogen and oxygen atoms in total. The highest BCUT2D eigenvalue weighted by Gasteiger charge is 2.36. The largest absolute Gasteiger partial charge is 0.434 e.